The van der Waals surface area contributed by atoms with Gasteiger partial charge in [-0.1, -0.05) is 18.2 Å². The fraction of sp³-hybridized carbons (Fsp3) is 0.350. The number of carbonyl (C=O) groups excluding carboxylic acids is 1. The molecule has 2 aromatic carbocycles. The molecule has 1 fully saturated rings. The second-order valence-electron chi connectivity index (χ2n) is 6.65. The number of anilines is 1. The van der Waals surface area contributed by atoms with Gasteiger partial charge in [-0.2, -0.15) is 0 Å². The Kier molecular flexibility index (Phi) is 5.46. The van der Waals surface area contributed by atoms with E-state index in [1.807, 2.05) is 25.1 Å². The van der Waals surface area contributed by atoms with Crippen molar-refractivity contribution in [2.75, 3.05) is 25.0 Å². The van der Waals surface area contributed by atoms with Crippen LogP contribution in [-0.4, -0.2) is 36.5 Å². The third-order valence-electron chi connectivity index (χ3n) is 4.61. The van der Waals surface area contributed by atoms with E-state index < -0.39 is 0 Å². The van der Waals surface area contributed by atoms with Crippen LogP contribution in [0.15, 0.2) is 42.5 Å². The summed E-state index contributed by atoms with van der Waals surface area (Å²) in [7, 11) is 0. The highest BCUT2D eigenvalue weighted by Crippen LogP contribution is 2.23. The maximum Gasteiger partial charge on any atom is 0.255 e. The number of amides is 1. The third-order valence-corrected chi connectivity index (χ3v) is 4.61. The highest BCUT2D eigenvalue weighted by atomic mass is 19.1. The summed E-state index contributed by atoms with van der Waals surface area (Å²) in [4.78, 5) is 14.7. The summed E-state index contributed by atoms with van der Waals surface area (Å²) in [5.41, 5.74) is 2.92. The minimum Gasteiger partial charge on any atom is -0.322 e. The van der Waals surface area contributed by atoms with E-state index in [0.29, 0.717) is 23.8 Å². The van der Waals surface area contributed by atoms with Crippen molar-refractivity contribution in [2.24, 2.45) is 0 Å². The molecule has 1 saturated heterocycles. The van der Waals surface area contributed by atoms with Gasteiger partial charge in [0.25, 0.3) is 5.91 Å². The molecule has 0 aliphatic carbocycles. The molecule has 25 heavy (non-hydrogen) atoms. The molecule has 0 radical (unpaired) electrons. The van der Waals surface area contributed by atoms with Crippen molar-refractivity contribution in [3.05, 3.63) is 65.0 Å². The highest BCUT2D eigenvalue weighted by Gasteiger charge is 2.18. The zero-order chi connectivity index (χ0) is 17.8. The molecule has 1 unspecified atom stereocenters. The summed E-state index contributed by atoms with van der Waals surface area (Å²) < 4.78 is 14.1. The van der Waals surface area contributed by atoms with Gasteiger partial charge in [0.15, 0.2) is 0 Å². The van der Waals surface area contributed by atoms with E-state index in [9.17, 15) is 9.18 Å². The van der Waals surface area contributed by atoms with E-state index in [4.69, 9.17) is 0 Å². The Morgan fingerprint density at radius 3 is 2.80 bits per heavy atom. The van der Waals surface area contributed by atoms with Crippen molar-refractivity contribution >= 4 is 11.6 Å². The molecule has 1 atom stereocenters. The highest BCUT2D eigenvalue weighted by molar-refractivity contribution is 6.04. The predicted molar refractivity (Wildman–Crippen MR) is 98.3 cm³/mol. The lowest BCUT2D eigenvalue weighted by Gasteiger charge is -2.32. The Labute approximate surface area is 148 Å². The van der Waals surface area contributed by atoms with Crippen molar-refractivity contribution in [2.45, 2.75) is 26.4 Å². The topological polar surface area (TPSA) is 44.4 Å². The summed E-state index contributed by atoms with van der Waals surface area (Å²) >= 11 is 0. The number of benzene rings is 2. The Morgan fingerprint density at radius 1 is 1.32 bits per heavy atom. The second-order valence-corrected chi connectivity index (χ2v) is 6.65. The Bertz CT molecular complexity index is 748. The van der Waals surface area contributed by atoms with Crippen molar-refractivity contribution in [1.82, 2.24) is 10.2 Å². The zero-order valence-corrected chi connectivity index (χ0v) is 14.7. The maximum absolute atomic E-state index is 14.1. The SMILES string of the molecule is Cc1c(CN2CCNC(C)C2)cc(F)cc1NC(=O)c1ccccc1. The van der Waals surface area contributed by atoms with Gasteiger partial charge >= 0.3 is 0 Å². The van der Waals surface area contributed by atoms with E-state index in [2.05, 4.69) is 22.5 Å². The van der Waals surface area contributed by atoms with Crippen LogP contribution in [-0.2, 0) is 6.54 Å². The van der Waals surface area contributed by atoms with Crippen LogP contribution in [0.2, 0.25) is 0 Å². The fourth-order valence-corrected chi connectivity index (χ4v) is 3.21. The number of nitrogens with one attached hydrogen (secondary N) is 2. The Hall–Kier alpha value is -2.24. The largest absolute Gasteiger partial charge is 0.322 e. The quantitative estimate of drug-likeness (QED) is 0.898. The Balaban J connectivity index is 1.78. The van der Waals surface area contributed by atoms with Crippen molar-refractivity contribution in [3.63, 3.8) is 0 Å². The first kappa shape index (κ1) is 17.6. The lowest BCUT2D eigenvalue weighted by molar-refractivity contribution is 0.102. The summed E-state index contributed by atoms with van der Waals surface area (Å²) in [6.07, 6.45) is 0. The van der Waals surface area contributed by atoms with Crippen LogP contribution in [0.5, 0.6) is 0 Å². The standard InChI is InChI=1S/C20H24FN3O/c1-14-12-24(9-8-22-14)13-17-10-18(21)11-19(15(17)2)23-20(25)16-6-4-3-5-7-16/h3-7,10-11,14,22H,8-9,12-13H2,1-2H3,(H,23,25). The normalized spacial score (nSPS) is 18.1. The van der Waals surface area contributed by atoms with Crippen molar-refractivity contribution in [3.8, 4) is 0 Å². The molecular formula is C20H24FN3O. The van der Waals surface area contributed by atoms with E-state index >= 15 is 0 Å². The van der Waals surface area contributed by atoms with E-state index in [-0.39, 0.29) is 11.7 Å². The third kappa shape index (κ3) is 4.44. The van der Waals surface area contributed by atoms with Gasteiger partial charge in [0, 0.05) is 43.5 Å². The fourth-order valence-electron chi connectivity index (χ4n) is 3.21. The number of hydrogen-bond acceptors (Lipinski definition) is 3. The van der Waals surface area contributed by atoms with Crippen LogP contribution in [0.4, 0.5) is 10.1 Å². The number of piperazine rings is 1. The van der Waals surface area contributed by atoms with Crippen LogP contribution >= 0.6 is 0 Å². The summed E-state index contributed by atoms with van der Waals surface area (Å²) in [5.74, 6) is -0.553. The van der Waals surface area contributed by atoms with Crippen molar-refractivity contribution in [1.29, 1.82) is 0 Å². The van der Waals surface area contributed by atoms with Gasteiger partial charge in [0.2, 0.25) is 0 Å². The first-order valence-electron chi connectivity index (χ1n) is 8.64. The lowest BCUT2D eigenvalue weighted by atomic mass is 10.0. The molecule has 0 aromatic heterocycles. The van der Waals surface area contributed by atoms with Gasteiger partial charge in [0.1, 0.15) is 5.82 Å². The Morgan fingerprint density at radius 2 is 2.08 bits per heavy atom. The molecule has 1 amide bonds. The first-order valence-corrected chi connectivity index (χ1v) is 8.64. The van der Waals surface area contributed by atoms with Gasteiger partial charge < -0.3 is 10.6 Å². The molecular weight excluding hydrogens is 317 g/mol. The number of halogens is 1. The monoisotopic (exact) mass is 341 g/mol. The number of nitrogens with zero attached hydrogens (tertiary/aromatic N) is 1. The molecule has 0 bridgehead atoms. The van der Waals surface area contributed by atoms with Crippen molar-refractivity contribution < 1.29 is 9.18 Å². The van der Waals surface area contributed by atoms with Crippen LogP contribution in [0.1, 0.15) is 28.4 Å². The molecule has 132 valence electrons. The lowest BCUT2D eigenvalue weighted by Crippen LogP contribution is -2.48. The van der Waals surface area contributed by atoms with Crippen LogP contribution in [0.25, 0.3) is 0 Å². The minimum atomic E-state index is -0.327. The smallest absolute Gasteiger partial charge is 0.255 e. The van der Waals surface area contributed by atoms with Gasteiger partial charge in [0.05, 0.1) is 0 Å². The zero-order valence-electron chi connectivity index (χ0n) is 14.7. The van der Waals surface area contributed by atoms with Gasteiger partial charge in [-0.3, -0.25) is 9.69 Å². The molecule has 2 aromatic rings. The molecule has 2 N–H and O–H groups in total. The summed E-state index contributed by atoms with van der Waals surface area (Å²) in [6, 6.07) is 12.4. The second kappa shape index (κ2) is 7.76. The predicted octanol–water partition coefficient (Wildman–Crippen LogP) is 3.18. The van der Waals surface area contributed by atoms with E-state index in [1.54, 1.807) is 18.2 Å². The molecule has 0 saturated carbocycles. The molecule has 0 spiro atoms. The van der Waals surface area contributed by atoms with Gasteiger partial charge in [-0.15, -0.1) is 0 Å². The van der Waals surface area contributed by atoms with E-state index in [1.165, 1.54) is 6.07 Å². The summed E-state index contributed by atoms with van der Waals surface area (Å²) in [6.45, 7) is 7.57. The number of rotatable bonds is 4. The van der Waals surface area contributed by atoms with Crippen LogP contribution in [0.3, 0.4) is 0 Å². The molecule has 1 aliphatic heterocycles. The molecule has 1 aliphatic rings. The maximum atomic E-state index is 14.1. The minimum absolute atomic E-state index is 0.226. The molecule has 3 rings (SSSR count). The van der Waals surface area contributed by atoms with Crippen LogP contribution in [0, 0.1) is 12.7 Å². The first-order chi connectivity index (χ1) is 12.0. The van der Waals surface area contributed by atoms with Gasteiger partial charge in [-0.25, -0.2) is 4.39 Å². The number of hydrogen-bond donors (Lipinski definition) is 2. The number of carbonyl (C=O) groups is 1. The van der Waals surface area contributed by atoms with Gasteiger partial charge in [-0.05, 0) is 49.2 Å². The molecule has 5 heteroatoms. The molecule has 1 heterocycles. The summed E-state index contributed by atoms with van der Waals surface area (Å²) in [5, 5.41) is 6.25. The average molecular weight is 341 g/mol. The van der Waals surface area contributed by atoms with E-state index in [0.717, 1.165) is 30.8 Å². The van der Waals surface area contributed by atoms with Crippen LogP contribution < -0.4 is 10.6 Å². The molecule has 4 nitrogen and oxygen atoms in total. The average Bonchev–Trinajstić information content (AvgIpc) is 2.60.